The SMILES string of the molecule is O=[N+]([O-])c1ccc(NCc2cccnc2)cc1. The van der Waals surface area contributed by atoms with Gasteiger partial charge in [-0.15, -0.1) is 0 Å². The van der Waals surface area contributed by atoms with E-state index < -0.39 is 4.92 Å². The van der Waals surface area contributed by atoms with Crippen LogP contribution >= 0.6 is 0 Å². The fourth-order valence-electron chi connectivity index (χ4n) is 1.41. The van der Waals surface area contributed by atoms with Crippen molar-refractivity contribution < 1.29 is 4.92 Å². The highest BCUT2D eigenvalue weighted by Crippen LogP contribution is 2.15. The number of aromatic nitrogens is 1. The largest absolute Gasteiger partial charge is 0.381 e. The topological polar surface area (TPSA) is 68.1 Å². The number of benzene rings is 1. The van der Waals surface area contributed by atoms with E-state index in [9.17, 15) is 10.1 Å². The fourth-order valence-corrected chi connectivity index (χ4v) is 1.41. The van der Waals surface area contributed by atoms with Crippen LogP contribution in [0.25, 0.3) is 0 Å². The number of rotatable bonds is 4. The Morgan fingerprint density at radius 2 is 2.00 bits per heavy atom. The predicted molar refractivity (Wildman–Crippen MR) is 64.7 cm³/mol. The van der Waals surface area contributed by atoms with E-state index in [4.69, 9.17) is 0 Å². The molecule has 1 heterocycles. The van der Waals surface area contributed by atoms with E-state index in [1.54, 1.807) is 24.5 Å². The van der Waals surface area contributed by atoms with Gasteiger partial charge in [0.25, 0.3) is 5.69 Å². The molecule has 0 spiro atoms. The zero-order valence-corrected chi connectivity index (χ0v) is 9.04. The number of nitrogens with zero attached hydrogens (tertiary/aromatic N) is 2. The Balaban J connectivity index is 1.98. The first-order valence-corrected chi connectivity index (χ1v) is 5.13. The predicted octanol–water partition coefficient (Wildman–Crippen LogP) is 2.60. The molecule has 0 aliphatic carbocycles. The molecular formula is C12H11N3O2. The normalized spacial score (nSPS) is 9.88. The first-order valence-electron chi connectivity index (χ1n) is 5.13. The summed E-state index contributed by atoms with van der Waals surface area (Å²) in [6.45, 7) is 0.644. The van der Waals surface area contributed by atoms with Crippen molar-refractivity contribution in [3.63, 3.8) is 0 Å². The Morgan fingerprint density at radius 1 is 1.24 bits per heavy atom. The van der Waals surface area contributed by atoms with Gasteiger partial charge >= 0.3 is 0 Å². The average molecular weight is 229 g/mol. The van der Waals surface area contributed by atoms with Crippen LogP contribution in [0.2, 0.25) is 0 Å². The maximum absolute atomic E-state index is 10.5. The van der Waals surface area contributed by atoms with Gasteiger partial charge in [-0.05, 0) is 23.8 Å². The van der Waals surface area contributed by atoms with E-state index in [0.29, 0.717) is 6.54 Å². The van der Waals surface area contributed by atoms with Gasteiger partial charge in [0.1, 0.15) is 0 Å². The molecule has 2 rings (SSSR count). The lowest BCUT2D eigenvalue weighted by molar-refractivity contribution is -0.384. The standard InChI is InChI=1S/C12H11N3O2/c16-15(17)12-5-3-11(4-6-12)14-9-10-2-1-7-13-8-10/h1-8,14H,9H2. The summed E-state index contributed by atoms with van der Waals surface area (Å²) in [6.07, 6.45) is 3.49. The first-order chi connectivity index (χ1) is 8.25. The van der Waals surface area contributed by atoms with Crippen LogP contribution in [0.1, 0.15) is 5.56 Å². The van der Waals surface area contributed by atoms with Crippen molar-refractivity contribution >= 4 is 11.4 Å². The summed E-state index contributed by atoms with van der Waals surface area (Å²) in [5.74, 6) is 0. The van der Waals surface area contributed by atoms with Gasteiger partial charge in [-0.3, -0.25) is 15.1 Å². The molecule has 0 radical (unpaired) electrons. The van der Waals surface area contributed by atoms with Crippen LogP contribution in [0.15, 0.2) is 48.8 Å². The molecule has 2 aromatic rings. The van der Waals surface area contributed by atoms with E-state index in [-0.39, 0.29) is 5.69 Å². The zero-order valence-electron chi connectivity index (χ0n) is 9.04. The van der Waals surface area contributed by atoms with Crippen LogP contribution in [-0.4, -0.2) is 9.91 Å². The Bertz CT molecular complexity index is 497. The monoisotopic (exact) mass is 229 g/mol. The number of hydrogen-bond acceptors (Lipinski definition) is 4. The van der Waals surface area contributed by atoms with Gasteiger partial charge in [-0.25, -0.2) is 0 Å². The highest BCUT2D eigenvalue weighted by atomic mass is 16.6. The average Bonchev–Trinajstić information content (AvgIpc) is 2.38. The number of nitrogens with one attached hydrogen (secondary N) is 1. The molecule has 0 aliphatic rings. The molecule has 0 saturated carbocycles. The van der Waals surface area contributed by atoms with Gasteiger partial charge in [-0.1, -0.05) is 6.07 Å². The van der Waals surface area contributed by atoms with Gasteiger partial charge in [0.15, 0.2) is 0 Å². The maximum Gasteiger partial charge on any atom is 0.269 e. The molecule has 0 fully saturated rings. The minimum Gasteiger partial charge on any atom is -0.381 e. The van der Waals surface area contributed by atoms with Crippen LogP contribution < -0.4 is 5.32 Å². The second kappa shape index (κ2) is 5.07. The minimum absolute atomic E-state index is 0.0944. The van der Waals surface area contributed by atoms with E-state index in [0.717, 1.165) is 11.3 Å². The molecule has 1 aromatic heterocycles. The summed E-state index contributed by atoms with van der Waals surface area (Å²) in [4.78, 5) is 14.1. The van der Waals surface area contributed by atoms with Crippen molar-refractivity contribution in [2.75, 3.05) is 5.32 Å². The second-order valence-corrected chi connectivity index (χ2v) is 3.52. The van der Waals surface area contributed by atoms with Gasteiger partial charge in [-0.2, -0.15) is 0 Å². The third kappa shape index (κ3) is 3.01. The van der Waals surface area contributed by atoms with Gasteiger partial charge in [0.2, 0.25) is 0 Å². The lowest BCUT2D eigenvalue weighted by Crippen LogP contribution is -1.99. The van der Waals surface area contributed by atoms with Crippen LogP contribution in [0.3, 0.4) is 0 Å². The molecule has 0 aliphatic heterocycles. The third-order valence-corrected chi connectivity index (χ3v) is 2.30. The molecule has 1 N–H and O–H groups in total. The van der Waals surface area contributed by atoms with Crippen molar-refractivity contribution in [2.24, 2.45) is 0 Å². The Kier molecular flexibility index (Phi) is 3.30. The molecule has 0 atom stereocenters. The summed E-state index contributed by atoms with van der Waals surface area (Å²) in [7, 11) is 0. The number of pyridine rings is 1. The Hall–Kier alpha value is -2.43. The van der Waals surface area contributed by atoms with Crippen LogP contribution in [0, 0.1) is 10.1 Å². The molecule has 86 valence electrons. The highest BCUT2D eigenvalue weighted by Gasteiger charge is 2.03. The molecule has 17 heavy (non-hydrogen) atoms. The van der Waals surface area contributed by atoms with Crippen molar-refractivity contribution in [3.05, 3.63) is 64.5 Å². The van der Waals surface area contributed by atoms with E-state index in [1.165, 1.54) is 12.1 Å². The molecule has 1 aromatic carbocycles. The number of non-ortho nitro benzene ring substituents is 1. The lowest BCUT2D eigenvalue weighted by atomic mass is 10.2. The summed E-state index contributed by atoms with van der Waals surface area (Å²) in [5, 5.41) is 13.6. The molecule has 0 unspecified atom stereocenters. The van der Waals surface area contributed by atoms with Crippen LogP contribution in [-0.2, 0) is 6.54 Å². The third-order valence-electron chi connectivity index (χ3n) is 2.30. The van der Waals surface area contributed by atoms with Crippen LogP contribution in [0.5, 0.6) is 0 Å². The van der Waals surface area contributed by atoms with Gasteiger partial charge in [0.05, 0.1) is 4.92 Å². The quantitative estimate of drug-likeness (QED) is 0.646. The number of hydrogen-bond donors (Lipinski definition) is 1. The highest BCUT2D eigenvalue weighted by molar-refractivity contribution is 5.48. The van der Waals surface area contributed by atoms with Crippen molar-refractivity contribution in [2.45, 2.75) is 6.54 Å². The molecule has 5 nitrogen and oxygen atoms in total. The molecule has 0 saturated heterocycles. The Labute approximate surface area is 98.3 Å². The second-order valence-electron chi connectivity index (χ2n) is 3.52. The summed E-state index contributed by atoms with van der Waals surface area (Å²) in [6, 6.07) is 10.2. The van der Waals surface area contributed by atoms with Crippen molar-refractivity contribution in [3.8, 4) is 0 Å². The van der Waals surface area contributed by atoms with Crippen molar-refractivity contribution in [1.82, 2.24) is 4.98 Å². The van der Waals surface area contributed by atoms with E-state index in [2.05, 4.69) is 10.3 Å². The maximum atomic E-state index is 10.5. The number of nitro groups is 1. The van der Waals surface area contributed by atoms with E-state index >= 15 is 0 Å². The summed E-state index contributed by atoms with van der Waals surface area (Å²) < 4.78 is 0. The molecule has 5 heteroatoms. The van der Waals surface area contributed by atoms with E-state index in [1.807, 2.05) is 12.1 Å². The zero-order chi connectivity index (χ0) is 12.1. The first kappa shape index (κ1) is 11.1. The number of nitro benzene ring substituents is 1. The van der Waals surface area contributed by atoms with Crippen molar-refractivity contribution in [1.29, 1.82) is 0 Å². The Morgan fingerprint density at radius 3 is 2.59 bits per heavy atom. The minimum atomic E-state index is -0.412. The van der Waals surface area contributed by atoms with Crippen LogP contribution in [0.4, 0.5) is 11.4 Å². The molecule has 0 amide bonds. The summed E-state index contributed by atoms with van der Waals surface area (Å²) in [5.41, 5.74) is 2.00. The summed E-state index contributed by atoms with van der Waals surface area (Å²) >= 11 is 0. The van der Waals surface area contributed by atoms with Gasteiger partial charge in [0, 0.05) is 36.8 Å². The fraction of sp³-hybridized carbons (Fsp3) is 0.0833. The van der Waals surface area contributed by atoms with Gasteiger partial charge < -0.3 is 5.32 Å². The number of anilines is 1. The molecule has 0 bridgehead atoms. The smallest absolute Gasteiger partial charge is 0.269 e. The molecular weight excluding hydrogens is 218 g/mol. The lowest BCUT2D eigenvalue weighted by Gasteiger charge is -2.05.